The van der Waals surface area contributed by atoms with Crippen molar-refractivity contribution in [3.8, 4) is 0 Å². The number of nitrogens with one attached hydrogen (secondary N) is 1. The van der Waals surface area contributed by atoms with E-state index >= 15 is 0 Å². The van der Waals surface area contributed by atoms with Crippen LogP contribution in [0.1, 0.15) is 24.8 Å². The van der Waals surface area contributed by atoms with E-state index in [1.54, 1.807) is 0 Å². The van der Waals surface area contributed by atoms with Gasteiger partial charge in [-0.15, -0.1) is 0 Å². The third-order valence-electron chi connectivity index (χ3n) is 4.39. The molecule has 0 aliphatic heterocycles. The number of likely N-dealkylation sites (N-methyl/N-ethyl adjacent to an activating group) is 1. The summed E-state index contributed by atoms with van der Waals surface area (Å²) in [6, 6.07) is 2.46. The number of benzene rings is 1. The maximum atomic E-state index is 13.5. The highest BCUT2D eigenvalue weighted by Crippen LogP contribution is 2.35. The van der Waals surface area contributed by atoms with Gasteiger partial charge in [0.1, 0.15) is 5.82 Å². The summed E-state index contributed by atoms with van der Waals surface area (Å²) in [4.78, 5) is 2.07. The average molecular weight is 315 g/mol. The molecule has 0 radical (unpaired) electrons. The fourth-order valence-corrected chi connectivity index (χ4v) is 3.84. The summed E-state index contributed by atoms with van der Waals surface area (Å²) in [6.45, 7) is 1.84. The lowest BCUT2D eigenvalue weighted by molar-refractivity contribution is 0.0657. The summed E-state index contributed by atoms with van der Waals surface area (Å²) < 4.78 is 40.8. The molecule has 0 spiro atoms. The number of sulfonamides is 1. The van der Waals surface area contributed by atoms with Crippen molar-refractivity contribution < 1.29 is 12.8 Å². The fourth-order valence-electron chi connectivity index (χ4n) is 2.60. The second kappa shape index (κ2) is 5.55. The number of hydrogen-bond acceptors (Lipinski definition) is 4. The predicted octanol–water partition coefficient (Wildman–Crippen LogP) is 1.48. The van der Waals surface area contributed by atoms with Gasteiger partial charge >= 0.3 is 0 Å². The molecule has 0 heterocycles. The first kappa shape index (κ1) is 16.2. The number of rotatable bonds is 5. The first-order valence-corrected chi connectivity index (χ1v) is 8.39. The minimum Gasteiger partial charge on any atom is -0.396 e. The van der Waals surface area contributed by atoms with Gasteiger partial charge in [-0.05, 0) is 58.0 Å². The molecule has 3 N–H and O–H groups in total. The van der Waals surface area contributed by atoms with Crippen LogP contribution in [0.4, 0.5) is 10.1 Å². The van der Waals surface area contributed by atoms with Crippen LogP contribution in [0.15, 0.2) is 17.0 Å². The Morgan fingerprint density at radius 2 is 2.00 bits per heavy atom. The molecule has 0 bridgehead atoms. The van der Waals surface area contributed by atoms with Gasteiger partial charge in [0.25, 0.3) is 0 Å². The number of aryl methyl sites for hydroxylation is 1. The summed E-state index contributed by atoms with van der Waals surface area (Å²) in [5.74, 6) is -0.572. The van der Waals surface area contributed by atoms with E-state index in [0.717, 1.165) is 25.3 Å². The molecule has 1 aliphatic carbocycles. The number of halogens is 1. The summed E-state index contributed by atoms with van der Waals surface area (Å²) in [5, 5.41) is 0. The number of anilines is 1. The van der Waals surface area contributed by atoms with Crippen LogP contribution in [0.3, 0.4) is 0 Å². The van der Waals surface area contributed by atoms with Gasteiger partial charge in [-0.2, -0.15) is 0 Å². The van der Waals surface area contributed by atoms with Crippen molar-refractivity contribution in [1.82, 2.24) is 9.62 Å². The van der Waals surface area contributed by atoms with Crippen molar-refractivity contribution in [2.24, 2.45) is 0 Å². The lowest BCUT2D eigenvalue weighted by atomic mass is 9.76. The Hall–Kier alpha value is -1.18. The van der Waals surface area contributed by atoms with Crippen molar-refractivity contribution >= 4 is 15.7 Å². The van der Waals surface area contributed by atoms with Crippen LogP contribution in [-0.4, -0.2) is 39.5 Å². The maximum Gasteiger partial charge on any atom is 0.240 e. The van der Waals surface area contributed by atoms with Gasteiger partial charge in [-0.3, -0.25) is 0 Å². The number of nitrogens with two attached hydrogens (primary N) is 1. The zero-order valence-electron chi connectivity index (χ0n) is 12.6. The van der Waals surface area contributed by atoms with E-state index in [1.165, 1.54) is 13.0 Å². The van der Waals surface area contributed by atoms with Gasteiger partial charge < -0.3 is 10.6 Å². The van der Waals surface area contributed by atoms with Gasteiger partial charge in [-0.25, -0.2) is 17.5 Å². The van der Waals surface area contributed by atoms with E-state index in [4.69, 9.17) is 5.73 Å². The van der Waals surface area contributed by atoms with Crippen molar-refractivity contribution in [3.63, 3.8) is 0 Å². The van der Waals surface area contributed by atoms with Crippen LogP contribution >= 0.6 is 0 Å². The lowest BCUT2D eigenvalue weighted by Crippen LogP contribution is -2.57. The van der Waals surface area contributed by atoms with Crippen molar-refractivity contribution in [2.75, 3.05) is 26.4 Å². The highest BCUT2D eigenvalue weighted by Gasteiger charge is 2.39. The van der Waals surface area contributed by atoms with Crippen LogP contribution < -0.4 is 10.5 Å². The zero-order chi connectivity index (χ0) is 15.8. The van der Waals surface area contributed by atoms with E-state index in [0.29, 0.717) is 6.54 Å². The predicted molar refractivity (Wildman–Crippen MR) is 81.0 cm³/mol. The standard InChI is InChI=1S/C14H22FN3O2S/c1-10-7-11(8-12(16)13(10)15)21(19,20)17-9-14(18(2)3)5-4-6-14/h7-8,17H,4-6,9,16H2,1-3H3. The smallest absolute Gasteiger partial charge is 0.240 e. The Kier molecular flexibility index (Phi) is 4.28. The monoisotopic (exact) mass is 315 g/mol. The van der Waals surface area contributed by atoms with Crippen LogP contribution in [0.5, 0.6) is 0 Å². The largest absolute Gasteiger partial charge is 0.396 e. The van der Waals surface area contributed by atoms with Gasteiger partial charge in [0, 0.05) is 12.1 Å². The van der Waals surface area contributed by atoms with Crippen LogP contribution in [0, 0.1) is 12.7 Å². The molecular weight excluding hydrogens is 293 g/mol. The van der Waals surface area contributed by atoms with Gasteiger partial charge in [0.05, 0.1) is 10.6 Å². The molecule has 21 heavy (non-hydrogen) atoms. The van der Waals surface area contributed by atoms with Gasteiger partial charge in [0.2, 0.25) is 10.0 Å². The van der Waals surface area contributed by atoms with Crippen LogP contribution in [-0.2, 0) is 10.0 Å². The minimum atomic E-state index is -3.69. The van der Waals surface area contributed by atoms with Gasteiger partial charge in [-0.1, -0.05) is 0 Å². The van der Waals surface area contributed by atoms with E-state index < -0.39 is 15.8 Å². The highest BCUT2D eigenvalue weighted by atomic mass is 32.2. The molecule has 1 aromatic carbocycles. The molecule has 0 aromatic heterocycles. The van der Waals surface area contributed by atoms with E-state index in [9.17, 15) is 12.8 Å². The molecule has 0 atom stereocenters. The Bertz CT molecular complexity index is 617. The molecule has 118 valence electrons. The Balaban J connectivity index is 2.19. The molecule has 0 saturated heterocycles. The van der Waals surface area contributed by atoms with E-state index in [1.807, 2.05) is 14.1 Å². The zero-order valence-corrected chi connectivity index (χ0v) is 13.4. The first-order valence-electron chi connectivity index (χ1n) is 6.91. The average Bonchev–Trinajstić information content (AvgIpc) is 2.33. The Labute approximate surface area is 125 Å². The minimum absolute atomic E-state index is 0.00660. The van der Waals surface area contributed by atoms with E-state index in [-0.39, 0.29) is 21.7 Å². The maximum absolute atomic E-state index is 13.5. The number of hydrogen-bond donors (Lipinski definition) is 2. The molecule has 7 heteroatoms. The molecule has 1 saturated carbocycles. The molecule has 1 aromatic rings. The van der Waals surface area contributed by atoms with Crippen molar-refractivity contribution in [3.05, 3.63) is 23.5 Å². The van der Waals surface area contributed by atoms with Crippen molar-refractivity contribution in [1.29, 1.82) is 0 Å². The van der Waals surface area contributed by atoms with Crippen LogP contribution in [0.2, 0.25) is 0 Å². The number of nitrogen functional groups attached to an aromatic ring is 1. The summed E-state index contributed by atoms with van der Waals surface area (Å²) in [7, 11) is 0.215. The highest BCUT2D eigenvalue weighted by molar-refractivity contribution is 7.89. The molecule has 0 amide bonds. The van der Waals surface area contributed by atoms with Gasteiger partial charge in [0.15, 0.2) is 0 Å². The molecule has 5 nitrogen and oxygen atoms in total. The Morgan fingerprint density at radius 3 is 2.43 bits per heavy atom. The van der Waals surface area contributed by atoms with Crippen molar-refractivity contribution in [2.45, 2.75) is 36.6 Å². The summed E-state index contributed by atoms with van der Waals surface area (Å²) in [5.41, 5.74) is 5.46. The topological polar surface area (TPSA) is 75.4 Å². The molecule has 0 unspecified atom stereocenters. The first-order chi connectivity index (χ1) is 9.68. The molecule has 1 aliphatic rings. The lowest BCUT2D eigenvalue weighted by Gasteiger charge is -2.47. The fraction of sp³-hybridized carbons (Fsp3) is 0.571. The Morgan fingerprint density at radius 1 is 1.38 bits per heavy atom. The quantitative estimate of drug-likeness (QED) is 0.807. The van der Waals surface area contributed by atoms with Crippen LogP contribution in [0.25, 0.3) is 0 Å². The third kappa shape index (κ3) is 3.04. The second-order valence-corrected chi connectivity index (χ2v) is 7.71. The third-order valence-corrected chi connectivity index (χ3v) is 5.77. The SMILES string of the molecule is Cc1cc(S(=O)(=O)NCC2(N(C)C)CCC2)cc(N)c1F. The summed E-state index contributed by atoms with van der Waals surface area (Å²) >= 11 is 0. The second-order valence-electron chi connectivity index (χ2n) is 5.94. The molecule has 1 fully saturated rings. The molecular formula is C14H22FN3O2S. The van der Waals surface area contributed by atoms with E-state index in [2.05, 4.69) is 9.62 Å². The molecule has 2 rings (SSSR count). The normalized spacial score (nSPS) is 17.8. The number of nitrogens with zero attached hydrogens (tertiary/aromatic N) is 1. The summed E-state index contributed by atoms with van der Waals surface area (Å²) in [6.07, 6.45) is 3.03.